The van der Waals surface area contributed by atoms with Crippen molar-refractivity contribution in [2.24, 2.45) is 0 Å². The van der Waals surface area contributed by atoms with Crippen LogP contribution in [0.15, 0.2) is 59.0 Å². The predicted octanol–water partition coefficient (Wildman–Crippen LogP) is 6.62. The number of halogens is 3. The largest absolute Gasteiger partial charge is 0.457 e. The minimum atomic E-state index is -0.316. The van der Waals surface area contributed by atoms with Gasteiger partial charge in [0.2, 0.25) is 11.8 Å². The molecule has 1 N–H and O–H groups in total. The minimum absolute atomic E-state index is 0.168. The molecule has 1 aliphatic rings. The highest BCUT2D eigenvalue weighted by molar-refractivity contribution is 6.35. The summed E-state index contributed by atoms with van der Waals surface area (Å²) in [5.41, 5.74) is 2.22. The summed E-state index contributed by atoms with van der Waals surface area (Å²) in [5.74, 6) is 0.961. The zero-order chi connectivity index (χ0) is 24.9. The summed E-state index contributed by atoms with van der Waals surface area (Å²) >= 11 is 18.6. The molecule has 1 aromatic heterocycles. The van der Waals surface area contributed by atoms with Gasteiger partial charge < -0.3 is 19.5 Å². The minimum Gasteiger partial charge on any atom is -0.457 e. The van der Waals surface area contributed by atoms with E-state index in [-0.39, 0.29) is 11.8 Å². The number of hydrogen-bond acceptors (Lipinski definition) is 4. The Labute approximate surface area is 219 Å². The van der Waals surface area contributed by atoms with Crippen molar-refractivity contribution in [2.45, 2.75) is 13.3 Å². The summed E-state index contributed by atoms with van der Waals surface area (Å²) in [6.45, 7) is 4.65. The van der Waals surface area contributed by atoms with Crippen LogP contribution in [-0.4, -0.2) is 42.9 Å². The van der Waals surface area contributed by atoms with Gasteiger partial charge in [0.05, 0.1) is 10.7 Å². The zero-order valence-electron chi connectivity index (χ0n) is 19.1. The number of anilines is 2. The van der Waals surface area contributed by atoms with E-state index in [4.69, 9.17) is 39.2 Å². The second-order valence-corrected chi connectivity index (χ2v) is 9.35. The highest BCUT2D eigenvalue weighted by Gasteiger charge is 2.21. The summed E-state index contributed by atoms with van der Waals surface area (Å²) < 4.78 is 5.78. The average molecular weight is 533 g/mol. The van der Waals surface area contributed by atoms with E-state index >= 15 is 0 Å². The van der Waals surface area contributed by atoms with E-state index in [1.54, 1.807) is 42.5 Å². The van der Waals surface area contributed by atoms with E-state index in [0.29, 0.717) is 64.9 Å². The Balaban J connectivity index is 1.35. The fourth-order valence-corrected chi connectivity index (χ4v) is 4.72. The molecule has 0 radical (unpaired) electrons. The van der Waals surface area contributed by atoms with Crippen molar-refractivity contribution in [3.05, 3.63) is 75.4 Å². The van der Waals surface area contributed by atoms with Gasteiger partial charge in [-0.15, -0.1) is 0 Å². The SMILES string of the molecule is CCC(=O)N1CCN(c2ccc(NC(=O)/C=C/c3ccc(-c4cc(Cl)cc(Cl)c4)o3)cc2Cl)CC1. The number of rotatable bonds is 6. The van der Waals surface area contributed by atoms with Crippen molar-refractivity contribution >= 4 is 64.1 Å². The molecular weight excluding hydrogens is 509 g/mol. The number of nitrogens with one attached hydrogen (secondary N) is 1. The Bertz CT molecular complexity index is 1240. The van der Waals surface area contributed by atoms with Crippen LogP contribution in [0.1, 0.15) is 19.1 Å². The van der Waals surface area contributed by atoms with Crippen molar-refractivity contribution in [3.8, 4) is 11.3 Å². The molecule has 4 rings (SSSR count). The van der Waals surface area contributed by atoms with Gasteiger partial charge in [0.25, 0.3) is 0 Å². The van der Waals surface area contributed by atoms with E-state index in [2.05, 4.69) is 10.2 Å². The Morgan fingerprint density at radius 1 is 0.971 bits per heavy atom. The lowest BCUT2D eigenvalue weighted by Crippen LogP contribution is -2.48. The molecule has 2 amide bonds. The van der Waals surface area contributed by atoms with Gasteiger partial charge in [-0.3, -0.25) is 9.59 Å². The van der Waals surface area contributed by atoms with Crippen LogP contribution in [0.4, 0.5) is 11.4 Å². The van der Waals surface area contributed by atoms with Crippen LogP contribution in [0.3, 0.4) is 0 Å². The number of nitrogens with zero attached hydrogens (tertiary/aromatic N) is 2. The molecule has 0 bridgehead atoms. The van der Waals surface area contributed by atoms with E-state index in [1.165, 1.54) is 6.08 Å². The standard InChI is InChI=1S/C26H24Cl3N3O3/c1-2-26(34)32-11-9-31(10-12-32)23-6-3-20(16-22(23)29)30-25(33)8-5-21-4-7-24(35-21)17-13-18(27)15-19(28)14-17/h3-8,13-16H,2,9-12H2,1H3,(H,30,33)/b8-5+. The van der Waals surface area contributed by atoms with Crippen LogP contribution in [0.5, 0.6) is 0 Å². The van der Waals surface area contributed by atoms with E-state index in [9.17, 15) is 9.59 Å². The summed E-state index contributed by atoms with van der Waals surface area (Å²) in [6.07, 6.45) is 3.48. The van der Waals surface area contributed by atoms with Crippen LogP contribution in [-0.2, 0) is 9.59 Å². The summed E-state index contributed by atoms with van der Waals surface area (Å²) in [4.78, 5) is 28.3. The molecule has 0 atom stereocenters. The highest BCUT2D eigenvalue weighted by atomic mass is 35.5. The van der Waals surface area contributed by atoms with E-state index < -0.39 is 0 Å². The molecule has 2 heterocycles. The molecule has 0 saturated carbocycles. The number of hydrogen-bond donors (Lipinski definition) is 1. The van der Waals surface area contributed by atoms with Crippen molar-refractivity contribution in [1.82, 2.24) is 4.90 Å². The summed E-state index contributed by atoms with van der Waals surface area (Å²) in [5, 5.41) is 4.37. The van der Waals surface area contributed by atoms with Crippen LogP contribution in [0.2, 0.25) is 15.1 Å². The molecule has 0 spiro atoms. The molecule has 9 heteroatoms. The Morgan fingerprint density at radius 3 is 2.34 bits per heavy atom. The Kier molecular flexibility index (Phi) is 8.06. The monoisotopic (exact) mass is 531 g/mol. The summed E-state index contributed by atoms with van der Waals surface area (Å²) in [6, 6.07) is 14.1. The number of piperazine rings is 1. The topological polar surface area (TPSA) is 65.8 Å². The maximum Gasteiger partial charge on any atom is 0.248 e. The van der Waals surface area contributed by atoms with Gasteiger partial charge in [0, 0.05) is 60.0 Å². The third kappa shape index (κ3) is 6.40. The van der Waals surface area contributed by atoms with Crippen molar-refractivity contribution < 1.29 is 14.0 Å². The third-order valence-corrected chi connectivity index (χ3v) is 6.40. The van der Waals surface area contributed by atoms with Gasteiger partial charge in [-0.25, -0.2) is 0 Å². The molecule has 1 fully saturated rings. The third-order valence-electron chi connectivity index (χ3n) is 5.66. The van der Waals surface area contributed by atoms with Crippen LogP contribution in [0.25, 0.3) is 17.4 Å². The fraction of sp³-hybridized carbons (Fsp3) is 0.231. The first-order chi connectivity index (χ1) is 16.8. The first-order valence-corrected chi connectivity index (χ1v) is 12.3. The normalized spacial score (nSPS) is 13.9. The molecule has 2 aromatic carbocycles. The number of carbonyl (C=O) groups is 2. The molecular formula is C26H24Cl3N3O3. The fourth-order valence-electron chi connectivity index (χ4n) is 3.90. The maximum absolute atomic E-state index is 12.4. The first-order valence-electron chi connectivity index (χ1n) is 11.2. The number of benzene rings is 2. The zero-order valence-corrected chi connectivity index (χ0v) is 21.3. The maximum atomic E-state index is 12.4. The van der Waals surface area contributed by atoms with Crippen LogP contribution in [0, 0.1) is 0 Å². The van der Waals surface area contributed by atoms with Crippen LogP contribution >= 0.6 is 34.8 Å². The predicted molar refractivity (Wildman–Crippen MR) is 142 cm³/mol. The first kappa shape index (κ1) is 25.2. The molecule has 3 aromatic rings. The smallest absolute Gasteiger partial charge is 0.248 e. The van der Waals surface area contributed by atoms with E-state index in [0.717, 1.165) is 11.3 Å². The Morgan fingerprint density at radius 2 is 1.69 bits per heavy atom. The quantitative estimate of drug-likeness (QED) is 0.363. The Hall–Kier alpha value is -2.93. The van der Waals surface area contributed by atoms with Gasteiger partial charge in [0.15, 0.2) is 0 Å². The highest BCUT2D eigenvalue weighted by Crippen LogP contribution is 2.31. The average Bonchev–Trinajstić information content (AvgIpc) is 3.31. The molecule has 0 aliphatic carbocycles. The number of furan rings is 1. The lowest BCUT2D eigenvalue weighted by molar-refractivity contribution is -0.131. The molecule has 0 unspecified atom stereocenters. The molecule has 1 saturated heterocycles. The molecule has 182 valence electrons. The molecule has 1 aliphatic heterocycles. The lowest BCUT2D eigenvalue weighted by Gasteiger charge is -2.36. The second kappa shape index (κ2) is 11.2. The van der Waals surface area contributed by atoms with Gasteiger partial charge in [-0.1, -0.05) is 41.7 Å². The van der Waals surface area contributed by atoms with Gasteiger partial charge in [0.1, 0.15) is 11.5 Å². The van der Waals surface area contributed by atoms with Gasteiger partial charge in [-0.2, -0.15) is 0 Å². The lowest BCUT2D eigenvalue weighted by atomic mass is 10.2. The second-order valence-electron chi connectivity index (χ2n) is 8.07. The molecule has 6 nitrogen and oxygen atoms in total. The van der Waals surface area contributed by atoms with Crippen molar-refractivity contribution in [2.75, 3.05) is 36.4 Å². The molecule has 35 heavy (non-hydrogen) atoms. The van der Waals surface area contributed by atoms with E-state index in [1.807, 2.05) is 24.0 Å². The number of amides is 2. The van der Waals surface area contributed by atoms with Gasteiger partial charge >= 0.3 is 0 Å². The number of carbonyl (C=O) groups excluding carboxylic acids is 2. The summed E-state index contributed by atoms with van der Waals surface area (Å²) in [7, 11) is 0. The van der Waals surface area contributed by atoms with Crippen LogP contribution < -0.4 is 10.2 Å². The van der Waals surface area contributed by atoms with Crippen molar-refractivity contribution in [3.63, 3.8) is 0 Å². The van der Waals surface area contributed by atoms with Crippen molar-refractivity contribution in [1.29, 1.82) is 0 Å². The van der Waals surface area contributed by atoms with Gasteiger partial charge in [-0.05, 0) is 54.6 Å².